The molecule has 0 aliphatic carbocycles. The number of pyridine rings is 1. The lowest BCUT2D eigenvalue weighted by atomic mass is 10.1. The van der Waals surface area contributed by atoms with Crippen LogP contribution in [-0.4, -0.2) is 23.1 Å². The molecule has 4 rings (SSSR count). The predicted octanol–water partition coefficient (Wildman–Crippen LogP) is 5.86. The van der Waals surface area contributed by atoms with Crippen molar-refractivity contribution in [3.8, 4) is 5.88 Å². The van der Waals surface area contributed by atoms with Crippen LogP contribution >= 0.6 is 23.5 Å². The number of rotatable bonds is 7. The maximum absolute atomic E-state index is 13.6. The maximum atomic E-state index is 13.6. The van der Waals surface area contributed by atoms with Gasteiger partial charge in [0.05, 0.1) is 18.3 Å². The number of aromatic nitrogens is 2. The summed E-state index contributed by atoms with van der Waals surface area (Å²) in [6.45, 7) is 0.730. The predicted molar refractivity (Wildman–Crippen MR) is 121 cm³/mol. The molecule has 0 amide bonds. The highest BCUT2D eigenvalue weighted by Crippen LogP contribution is 2.33. The van der Waals surface area contributed by atoms with E-state index in [1.165, 1.54) is 24.1 Å². The van der Waals surface area contributed by atoms with E-state index in [4.69, 9.17) is 16.3 Å². The summed E-state index contributed by atoms with van der Waals surface area (Å²) in [6.07, 6.45) is 2.07. The minimum atomic E-state index is -0.254. The standard InChI is InChI=1S/C22H20ClFN4OS/c1-25-12-14-13-28(30-17-5-3-4-15(24)10-17)20-11-16(6-7-18(14)20)26-19-8-9-21(29-2)27-22(19)23/h3-11,13,25-26H,12H2,1-2H3. The largest absolute Gasteiger partial charge is 0.481 e. The van der Waals surface area contributed by atoms with Crippen LogP contribution in [-0.2, 0) is 6.54 Å². The molecule has 0 radical (unpaired) electrons. The highest BCUT2D eigenvalue weighted by Gasteiger charge is 2.12. The van der Waals surface area contributed by atoms with E-state index in [9.17, 15) is 4.39 Å². The lowest BCUT2D eigenvalue weighted by Crippen LogP contribution is -2.04. The van der Waals surface area contributed by atoms with Crippen LogP contribution in [0.3, 0.4) is 0 Å². The number of fused-ring (bicyclic) bond motifs is 1. The summed E-state index contributed by atoms with van der Waals surface area (Å²) in [7, 11) is 3.46. The molecule has 0 saturated carbocycles. The summed E-state index contributed by atoms with van der Waals surface area (Å²) in [6, 6.07) is 16.3. The van der Waals surface area contributed by atoms with Gasteiger partial charge in [-0.1, -0.05) is 23.7 Å². The number of hydrogen-bond acceptors (Lipinski definition) is 5. The van der Waals surface area contributed by atoms with Crippen LogP contribution in [0.25, 0.3) is 10.9 Å². The molecule has 154 valence electrons. The third-order valence-corrected chi connectivity index (χ3v) is 5.78. The van der Waals surface area contributed by atoms with Gasteiger partial charge in [-0.25, -0.2) is 4.39 Å². The van der Waals surface area contributed by atoms with Crippen molar-refractivity contribution in [1.29, 1.82) is 0 Å². The topological polar surface area (TPSA) is 51.1 Å². The molecule has 2 heterocycles. The molecule has 0 spiro atoms. The molecule has 0 fully saturated rings. The Bertz CT molecular complexity index is 1200. The van der Waals surface area contributed by atoms with E-state index in [1.54, 1.807) is 19.2 Å². The van der Waals surface area contributed by atoms with E-state index in [2.05, 4.69) is 31.9 Å². The van der Waals surface area contributed by atoms with Crippen LogP contribution < -0.4 is 15.4 Å². The van der Waals surface area contributed by atoms with Crippen molar-refractivity contribution < 1.29 is 9.13 Å². The normalized spacial score (nSPS) is 11.1. The first-order valence-corrected chi connectivity index (χ1v) is 10.4. The summed E-state index contributed by atoms with van der Waals surface area (Å²) in [5, 5.41) is 7.96. The first kappa shape index (κ1) is 20.5. The Morgan fingerprint density at radius 1 is 1.17 bits per heavy atom. The molecule has 4 aromatic rings. The van der Waals surface area contributed by atoms with Gasteiger partial charge in [0.2, 0.25) is 5.88 Å². The zero-order valence-electron chi connectivity index (χ0n) is 16.4. The van der Waals surface area contributed by atoms with Crippen molar-refractivity contribution in [3.05, 3.63) is 77.3 Å². The monoisotopic (exact) mass is 442 g/mol. The van der Waals surface area contributed by atoms with Gasteiger partial charge in [-0.2, -0.15) is 4.98 Å². The molecule has 5 nitrogen and oxygen atoms in total. The van der Waals surface area contributed by atoms with Gasteiger partial charge in [0.1, 0.15) is 5.82 Å². The van der Waals surface area contributed by atoms with Crippen LogP contribution in [0.4, 0.5) is 15.8 Å². The van der Waals surface area contributed by atoms with Crippen molar-refractivity contribution in [2.24, 2.45) is 0 Å². The van der Waals surface area contributed by atoms with Gasteiger partial charge in [0.25, 0.3) is 0 Å². The van der Waals surface area contributed by atoms with Crippen molar-refractivity contribution in [1.82, 2.24) is 14.3 Å². The molecular weight excluding hydrogens is 423 g/mol. The molecular formula is C22H20ClFN4OS. The van der Waals surface area contributed by atoms with E-state index in [0.29, 0.717) is 16.7 Å². The quantitative estimate of drug-likeness (QED) is 0.351. The van der Waals surface area contributed by atoms with Gasteiger partial charge < -0.3 is 15.4 Å². The summed E-state index contributed by atoms with van der Waals surface area (Å²) < 4.78 is 20.8. The molecule has 0 aliphatic heterocycles. The fourth-order valence-corrected chi connectivity index (χ4v) is 4.32. The molecule has 8 heteroatoms. The number of methoxy groups -OCH3 is 1. The second-order valence-electron chi connectivity index (χ2n) is 6.61. The van der Waals surface area contributed by atoms with E-state index in [1.807, 2.05) is 31.3 Å². The SMILES string of the molecule is CNCc1cn(Sc2cccc(F)c2)c2cc(Nc3ccc(OC)nc3Cl)ccc12. The van der Waals surface area contributed by atoms with Gasteiger partial charge in [0, 0.05) is 34.8 Å². The fourth-order valence-electron chi connectivity index (χ4n) is 3.17. The Morgan fingerprint density at radius 3 is 2.77 bits per heavy atom. The van der Waals surface area contributed by atoms with Crippen LogP contribution in [0, 0.1) is 5.82 Å². The first-order valence-electron chi connectivity index (χ1n) is 9.27. The van der Waals surface area contributed by atoms with Gasteiger partial charge in [-0.05, 0) is 61.0 Å². The molecule has 0 bridgehead atoms. The summed E-state index contributed by atoms with van der Waals surface area (Å²) in [4.78, 5) is 5.01. The Hall–Kier alpha value is -2.74. The number of nitrogens with one attached hydrogen (secondary N) is 2. The van der Waals surface area contributed by atoms with E-state index in [-0.39, 0.29) is 5.82 Å². The van der Waals surface area contributed by atoms with Gasteiger partial charge in [-0.3, -0.25) is 3.97 Å². The third kappa shape index (κ3) is 4.38. The van der Waals surface area contributed by atoms with E-state index < -0.39 is 0 Å². The summed E-state index contributed by atoms with van der Waals surface area (Å²) >= 11 is 7.74. The van der Waals surface area contributed by atoms with Gasteiger partial charge in [-0.15, -0.1) is 0 Å². The molecule has 0 aliphatic rings. The van der Waals surface area contributed by atoms with Crippen molar-refractivity contribution in [3.63, 3.8) is 0 Å². The number of anilines is 2. The Kier molecular flexibility index (Phi) is 6.13. The zero-order valence-corrected chi connectivity index (χ0v) is 18.0. The molecule has 2 N–H and O–H groups in total. The van der Waals surface area contributed by atoms with Gasteiger partial charge in [0.15, 0.2) is 5.15 Å². The average molecular weight is 443 g/mol. The average Bonchev–Trinajstić information content (AvgIpc) is 3.06. The Labute approximate surface area is 183 Å². The van der Waals surface area contributed by atoms with Crippen LogP contribution in [0.1, 0.15) is 5.56 Å². The minimum Gasteiger partial charge on any atom is -0.481 e. The van der Waals surface area contributed by atoms with Crippen LogP contribution in [0.2, 0.25) is 5.15 Å². The highest BCUT2D eigenvalue weighted by molar-refractivity contribution is 7.98. The van der Waals surface area contributed by atoms with Crippen molar-refractivity contribution in [2.45, 2.75) is 11.4 Å². The summed E-state index contributed by atoms with van der Waals surface area (Å²) in [5.41, 5.74) is 3.72. The molecule has 0 saturated heterocycles. The maximum Gasteiger partial charge on any atom is 0.214 e. The number of hydrogen-bond donors (Lipinski definition) is 2. The lowest BCUT2D eigenvalue weighted by molar-refractivity contribution is 0.398. The van der Waals surface area contributed by atoms with E-state index in [0.717, 1.165) is 33.6 Å². The first-order chi connectivity index (χ1) is 14.6. The molecule has 2 aromatic heterocycles. The number of nitrogens with zero attached hydrogens (tertiary/aromatic N) is 2. The minimum absolute atomic E-state index is 0.254. The Balaban J connectivity index is 1.71. The van der Waals surface area contributed by atoms with Crippen LogP contribution in [0.5, 0.6) is 5.88 Å². The Morgan fingerprint density at radius 2 is 2.03 bits per heavy atom. The van der Waals surface area contributed by atoms with Crippen LogP contribution in [0.15, 0.2) is 65.7 Å². The molecule has 0 unspecified atom stereocenters. The molecule has 30 heavy (non-hydrogen) atoms. The molecule has 2 aromatic carbocycles. The zero-order chi connectivity index (χ0) is 21.1. The number of ether oxygens (including phenoxy) is 1. The highest BCUT2D eigenvalue weighted by atomic mass is 35.5. The van der Waals surface area contributed by atoms with Crippen molar-refractivity contribution in [2.75, 3.05) is 19.5 Å². The summed E-state index contributed by atoms with van der Waals surface area (Å²) in [5.74, 6) is 0.203. The lowest BCUT2D eigenvalue weighted by Gasteiger charge is -2.10. The van der Waals surface area contributed by atoms with Gasteiger partial charge >= 0.3 is 0 Å². The second kappa shape index (κ2) is 8.95. The smallest absolute Gasteiger partial charge is 0.214 e. The fraction of sp³-hybridized carbons (Fsp3) is 0.136. The van der Waals surface area contributed by atoms with Crippen molar-refractivity contribution >= 4 is 45.8 Å². The number of benzene rings is 2. The third-order valence-electron chi connectivity index (χ3n) is 4.53. The second-order valence-corrected chi connectivity index (χ2v) is 8.01. The van der Waals surface area contributed by atoms with E-state index >= 15 is 0 Å². The molecule has 0 atom stereocenters. The number of halogens is 2.